The molecule has 0 bridgehead atoms. The van der Waals surface area contributed by atoms with Gasteiger partial charge in [0, 0.05) is 5.56 Å². The summed E-state index contributed by atoms with van der Waals surface area (Å²) in [6, 6.07) is 11.2. The molecule has 2 saturated carbocycles. The predicted octanol–water partition coefficient (Wildman–Crippen LogP) is 9.09. The Balaban J connectivity index is 1.11. The summed E-state index contributed by atoms with van der Waals surface area (Å²) in [4.78, 5) is 0. The topological polar surface area (TPSA) is 18.5 Å². The first-order chi connectivity index (χ1) is 18.1. The third-order valence-corrected chi connectivity index (χ3v) is 9.50. The third kappa shape index (κ3) is 5.95. The van der Waals surface area contributed by atoms with E-state index >= 15 is 0 Å². The SMILES string of the molecule is C=CC1CCC(C2CCC(C3CCC(c4ccc(-c5ccc(OCC)c(F)c5F)cc4)CC3)CO2)CC1. The Labute approximate surface area is 221 Å². The van der Waals surface area contributed by atoms with E-state index in [9.17, 15) is 8.78 Å². The molecule has 2 nitrogen and oxygen atoms in total. The number of hydrogen-bond donors (Lipinski definition) is 0. The van der Waals surface area contributed by atoms with Crippen LogP contribution in [0.4, 0.5) is 8.78 Å². The van der Waals surface area contributed by atoms with Crippen LogP contribution in [-0.4, -0.2) is 19.3 Å². The summed E-state index contributed by atoms with van der Waals surface area (Å²) in [6.07, 6.45) is 15.3. The molecule has 0 amide bonds. The highest BCUT2D eigenvalue weighted by molar-refractivity contribution is 5.65. The zero-order chi connectivity index (χ0) is 25.8. The Bertz CT molecular complexity index is 1030. The summed E-state index contributed by atoms with van der Waals surface area (Å²) in [5.41, 5.74) is 2.29. The van der Waals surface area contributed by atoms with E-state index < -0.39 is 11.6 Å². The van der Waals surface area contributed by atoms with Crippen LogP contribution in [0, 0.1) is 35.3 Å². The summed E-state index contributed by atoms with van der Waals surface area (Å²) in [7, 11) is 0. The first-order valence-electron chi connectivity index (χ1n) is 14.5. The van der Waals surface area contributed by atoms with Gasteiger partial charge < -0.3 is 9.47 Å². The van der Waals surface area contributed by atoms with Crippen molar-refractivity contribution >= 4 is 0 Å². The maximum Gasteiger partial charge on any atom is 0.201 e. The average molecular weight is 509 g/mol. The quantitative estimate of drug-likeness (QED) is 0.347. The van der Waals surface area contributed by atoms with Crippen LogP contribution in [0.1, 0.15) is 82.6 Å². The van der Waals surface area contributed by atoms with Crippen LogP contribution in [-0.2, 0) is 4.74 Å². The highest BCUT2D eigenvalue weighted by Gasteiger charge is 2.35. The molecule has 5 rings (SSSR count). The van der Waals surface area contributed by atoms with Crippen molar-refractivity contribution in [3.8, 4) is 16.9 Å². The van der Waals surface area contributed by atoms with E-state index in [4.69, 9.17) is 9.47 Å². The standard InChI is InChI=1S/C33H42F2O2/c1-3-22-5-7-27(8-6-22)30-19-17-28(21-37-30)25-11-9-23(10-12-25)24-13-15-26(16-14-24)29-18-20-31(36-4-2)33(35)32(29)34/h3,13-16,18,20,22-23,25,27-28,30H,1,4-12,17,19,21H2,2H3. The molecule has 0 radical (unpaired) electrons. The van der Waals surface area contributed by atoms with Gasteiger partial charge in [0.2, 0.25) is 5.82 Å². The fraction of sp³-hybridized carbons (Fsp3) is 0.576. The maximum atomic E-state index is 14.6. The molecule has 37 heavy (non-hydrogen) atoms. The fourth-order valence-electron chi connectivity index (χ4n) is 7.17. The van der Waals surface area contributed by atoms with Gasteiger partial charge in [0.05, 0.1) is 19.3 Å². The molecule has 200 valence electrons. The van der Waals surface area contributed by atoms with E-state index in [-0.39, 0.29) is 11.3 Å². The minimum absolute atomic E-state index is 0.0355. The zero-order valence-electron chi connectivity index (χ0n) is 22.3. The zero-order valence-corrected chi connectivity index (χ0v) is 22.3. The van der Waals surface area contributed by atoms with E-state index in [2.05, 4.69) is 24.8 Å². The average Bonchev–Trinajstić information content (AvgIpc) is 2.96. The molecule has 0 spiro atoms. The molecule has 2 unspecified atom stereocenters. The van der Waals surface area contributed by atoms with Crippen LogP contribution in [0.3, 0.4) is 0 Å². The lowest BCUT2D eigenvalue weighted by molar-refractivity contribution is -0.0721. The maximum absolute atomic E-state index is 14.6. The molecule has 2 atom stereocenters. The van der Waals surface area contributed by atoms with Gasteiger partial charge in [0.25, 0.3) is 0 Å². The minimum Gasteiger partial charge on any atom is -0.491 e. The van der Waals surface area contributed by atoms with E-state index in [1.54, 1.807) is 13.0 Å². The molecule has 2 aromatic carbocycles. The van der Waals surface area contributed by atoms with Crippen molar-refractivity contribution in [2.45, 2.75) is 83.2 Å². The molecule has 2 aliphatic carbocycles. The van der Waals surface area contributed by atoms with Gasteiger partial charge in [-0.3, -0.25) is 0 Å². The second-order valence-electron chi connectivity index (χ2n) is 11.5. The molecule has 0 aromatic heterocycles. The highest BCUT2D eigenvalue weighted by atomic mass is 19.2. The van der Waals surface area contributed by atoms with Crippen molar-refractivity contribution in [2.24, 2.45) is 23.7 Å². The lowest BCUT2D eigenvalue weighted by Crippen LogP contribution is -2.37. The lowest BCUT2D eigenvalue weighted by Gasteiger charge is -2.41. The molecule has 4 heteroatoms. The molecule has 2 aromatic rings. The molecular weight excluding hydrogens is 466 g/mol. The Morgan fingerprint density at radius 1 is 0.811 bits per heavy atom. The summed E-state index contributed by atoms with van der Waals surface area (Å²) in [6.45, 7) is 6.98. The Kier molecular flexibility index (Phi) is 8.64. The van der Waals surface area contributed by atoms with E-state index in [1.165, 1.54) is 75.8 Å². The van der Waals surface area contributed by atoms with E-state index in [1.807, 2.05) is 12.1 Å². The van der Waals surface area contributed by atoms with Crippen molar-refractivity contribution in [1.29, 1.82) is 0 Å². The van der Waals surface area contributed by atoms with Crippen LogP contribution >= 0.6 is 0 Å². The number of ether oxygens (including phenoxy) is 2. The van der Waals surface area contributed by atoms with Gasteiger partial charge in [-0.25, -0.2) is 4.39 Å². The van der Waals surface area contributed by atoms with Gasteiger partial charge in [0.1, 0.15) is 0 Å². The first kappa shape index (κ1) is 26.4. The van der Waals surface area contributed by atoms with Crippen LogP contribution in [0.15, 0.2) is 49.1 Å². The predicted molar refractivity (Wildman–Crippen MR) is 146 cm³/mol. The van der Waals surface area contributed by atoms with Crippen molar-refractivity contribution < 1.29 is 18.3 Å². The van der Waals surface area contributed by atoms with E-state index in [0.29, 0.717) is 30.1 Å². The Morgan fingerprint density at radius 3 is 2.11 bits per heavy atom. The summed E-state index contributed by atoms with van der Waals surface area (Å²) in [5, 5.41) is 0. The van der Waals surface area contributed by atoms with Crippen LogP contribution < -0.4 is 4.74 Å². The molecule has 3 aliphatic rings. The van der Waals surface area contributed by atoms with Crippen molar-refractivity contribution in [3.63, 3.8) is 0 Å². The second-order valence-corrected chi connectivity index (χ2v) is 11.5. The van der Waals surface area contributed by atoms with Crippen LogP contribution in [0.2, 0.25) is 0 Å². The van der Waals surface area contributed by atoms with Gasteiger partial charge >= 0.3 is 0 Å². The van der Waals surface area contributed by atoms with Crippen molar-refractivity contribution in [1.82, 2.24) is 0 Å². The number of benzene rings is 2. The van der Waals surface area contributed by atoms with Crippen molar-refractivity contribution in [2.75, 3.05) is 13.2 Å². The van der Waals surface area contributed by atoms with Gasteiger partial charge in [0.15, 0.2) is 11.6 Å². The Hall–Kier alpha value is -2.20. The normalized spacial score (nSPS) is 30.6. The largest absolute Gasteiger partial charge is 0.491 e. The molecular formula is C33H42F2O2. The lowest BCUT2D eigenvalue weighted by atomic mass is 9.71. The number of halogens is 2. The molecule has 3 fully saturated rings. The molecule has 1 heterocycles. The van der Waals surface area contributed by atoms with Crippen LogP contribution in [0.5, 0.6) is 5.75 Å². The van der Waals surface area contributed by atoms with Gasteiger partial charge in [-0.1, -0.05) is 30.3 Å². The smallest absolute Gasteiger partial charge is 0.201 e. The number of rotatable bonds is 7. The van der Waals surface area contributed by atoms with Crippen molar-refractivity contribution in [3.05, 3.63) is 66.3 Å². The first-order valence-corrected chi connectivity index (χ1v) is 14.5. The number of allylic oxidation sites excluding steroid dienone is 1. The Morgan fingerprint density at radius 2 is 1.49 bits per heavy atom. The van der Waals surface area contributed by atoms with Gasteiger partial charge in [-0.2, -0.15) is 4.39 Å². The van der Waals surface area contributed by atoms with E-state index in [0.717, 1.165) is 24.4 Å². The third-order valence-electron chi connectivity index (χ3n) is 9.50. The number of hydrogen-bond acceptors (Lipinski definition) is 2. The summed E-state index contributed by atoms with van der Waals surface area (Å²) >= 11 is 0. The molecule has 1 aliphatic heterocycles. The molecule has 1 saturated heterocycles. The minimum atomic E-state index is -0.917. The summed E-state index contributed by atoms with van der Waals surface area (Å²) in [5.74, 6) is 1.70. The monoisotopic (exact) mass is 508 g/mol. The van der Waals surface area contributed by atoms with Gasteiger partial charge in [-0.15, -0.1) is 6.58 Å². The molecule has 0 N–H and O–H groups in total. The van der Waals surface area contributed by atoms with Gasteiger partial charge in [-0.05, 0) is 124 Å². The fourth-order valence-corrected chi connectivity index (χ4v) is 7.17. The summed E-state index contributed by atoms with van der Waals surface area (Å²) < 4.78 is 40.6. The highest BCUT2D eigenvalue weighted by Crippen LogP contribution is 2.43. The second kappa shape index (κ2) is 12.1. The van der Waals surface area contributed by atoms with Crippen LogP contribution in [0.25, 0.3) is 11.1 Å².